The topological polar surface area (TPSA) is 114 Å². The van der Waals surface area contributed by atoms with Gasteiger partial charge in [0.25, 0.3) is 0 Å². The zero-order valence-electron chi connectivity index (χ0n) is 19.1. The summed E-state index contributed by atoms with van der Waals surface area (Å²) in [4.78, 5) is 23.8. The van der Waals surface area contributed by atoms with Crippen LogP contribution in [0.5, 0.6) is 0 Å². The van der Waals surface area contributed by atoms with Gasteiger partial charge in [-0.3, -0.25) is 4.79 Å². The first kappa shape index (κ1) is 27.6. The summed E-state index contributed by atoms with van der Waals surface area (Å²) in [6, 6.07) is 8.48. The highest BCUT2D eigenvalue weighted by Crippen LogP contribution is 2.29. The van der Waals surface area contributed by atoms with Crippen molar-refractivity contribution in [3.8, 4) is 0 Å². The third-order valence-corrected chi connectivity index (χ3v) is 5.39. The fourth-order valence-corrected chi connectivity index (χ4v) is 3.59. The maximum absolute atomic E-state index is 13.7. The van der Waals surface area contributed by atoms with Crippen LogP contribution in [0.25, 0.3) is 0 Å². The molecule has 3 N–H and O–H groups in total. The molecule has 0 unspecified atom stereocenters. The lowest BCUT2D eigenvalue weighted by Crippen LogP contribution is -2.42. The molecule has 1 amide bonds. The first-order chi connectivity index (χ1) is 17.4. The average Bonchev–Trinajstić information content (AvgIpc) is 3.27. The molecule has 198 valence electrons. The van der Waals surface area contributed by atoms with E-state index in [1.165, 1.54) is 4.90 Å². The summed E-state index contributed by atoms with van der Waals surface area (Å²) in [5, 5.41) is 15.0. The summed E-state index contributed by atoms with van der Waals surface area (Å²) in [5.74, 6) is -6.03. The molecule has 0 bridgehead atoms. The van der Waals surface area contributed by atoms with Gasteiger partial charge in [-0.2, -0.15) is 13.2 Å². The fourth-order valence-electron chi connectivity index (χ4n) is 3.59. The van der Waals surface area contributed by atoms with Crippen molar-refractivity contribution in [3.05, 3.63) is 82.7 Å². The normalized spacial score (nSPS) is 13.9. The number of hydrogen-bond donors (Lipinski definition) is 2. The van der Waals surface area contributed by atoms with Gasteiger partial charge in [-0.1, -0.05) is 18.2 Å². The van der Waals surface area contributed by atoms with E-state index in [0.29, 0.717) is 17.7 Å². The van der Waals surface area contributed by atoms with Crippen LogP contribution in [0.2, 0.25) is 0 Å². The van der Waals surface area contributed by atoms with Gasteiger partial charge in [0, 0.05) is 31.6 Å². The molecule has 2 heterocycles. The Hall–Kier alpha value is -3.94. The van der Waals surface area contributed by atoms with E-state index in [-0.39, 0.29) is 43.9 Å². The van der Waals surface area contributed by atoms with Gasteiger partial charge in [-0.25, -0.2) is 18.0 Å². The first-order valence-electron chi connectivity index (χ1n) is 10.8. The van der Waals surface area contributed by atoms with Crippen molar-refractivity contribution in [1.82, 2.24) is 19.7 Å². The van der Waals surface area contributed by atoms with Crippen LogP contribution in [0.1, 0.15) is 34.0 Å². The summed E-state index contributed by atoms with van der Waals surface area (Å²) >= 11 is 0. The van der Waals surface area contributed by atoms with E-state index in [2.05, 4.69) is 10.2 Å². The maximum Gasteiger partial charge on any atom is 0.451 e. The molecule has 3 aromatic rings. The van der Waals surface area contributed by atoms with Gasteiger partial charge < -0.3 is 20.3 Å². The second kappa shape index (κ2) is 11.4. The Morgan fingerprint density at radius 1 is 1.00 bits per heavy atom. The minimum absolute atomic E-state index is 0.000783. The number of aromatic nitrogens is 3. The fraction of sp³-hybridized carbons (Fsp3) is 0.304. The van der Waals surface area contributed by atoms with Crippen LogP contribution in [-0.2, 0) is 30.5 Å². The smallest absolute Gasteiger partial charge is 0.451 e. The largest absolute Gasteiger partial charge is 0.478 e. The number of amides is 1. The molecule has 0 spiro atoms. The molecule has 0 saturated heterocycles. The molecule has 0 aliphatic carbocycles. The van der Waals surface area contributed by atoms with Crippen LogP contribution in [0, 0.1) is 17.5 Å². The first-order valence-corrected chi connectivity index (χ1v) is 10.8. The lowest BCUT2D eigenvalue weighted by Gasteiger charge is -2.29. The van der Waals surface area contributed by atoms with Gasteiger partial charge in [0.2, 0.25) is 11.7 Å². The van der Waals surface area contributed by atoms with E-state index < -0.39 is 47.4 Å². The van der Waals surface area contributed by atoms with Gasteiger partial charge in [0.15, 0.2) is 17.5 Å². The Kier molecular flexibility index (Phi) is 8.53. The molecule has 1 aromatic heterocycles. The maximum atomic E-state index is 13.7. The molecule has 14 heteroatoms. The van der Waals surface area contributed by atoms with Gasteiger partial charge in [0.05, 0.1) is 12.1 Å². The molecule has 1 atom stereocenters. The second-order valence-electron chi connectivity index (χ2n) is 8.10. The van der Waals surface area contributed by atoms with Gasteiger partial charge in [-0.15, -0.1) is 10.2 Å². The Labute approximate surface area is 206 Å². The SMILES string of the molecule is N[C@@H](CC(=O)N1CCn2c(nnc2C(F)(F)F)C1)Cc1cc(F)c(F)cc1F.O=C(O)c1ccccc1. The number of carbonyl (C=O) groups excluding carboxylic acids is 1. The molecule has 0 radical (unpaired) electrons. The van der Waals surface area contributed by atoms with Gasteiger partial charge in [0.1, 0.15) is 5.82 Å². The number of nitrogens with zero attached hydrogens (tertiary/aromatic N) is 4. The number of halogens is 6. The van der Waals surface area contributed by atoms with E-state index >= 15 is 0 Å². The van der Waals surface area contributed by atoms with E-state index in [1.54, 1.807) is 30.3 Å². The summed E-state index contributed by atoms with van der Waals surface area (Å²) in [5.41, 5.74) is 5.97. The predicted molar refractivity (Wildman–Crippen MR) is 116 cm³/mol. The minimum Gasteiger partial charge on any atom is -0.478 e. The molecule has 1 aliphatic heterocycles. The molecule has 1 aliphatic rings. The number of benzene rings is 2. The standard InChI is InChI=1S/C16H15F6N5O.C7H6O2/c17-10-6-12(19)11(18)4-8(10)3-9(23)5-14(28)26-1-2-27-13(7-26)24-25-15(27)16(20,21)22;8-7(9)6-4-2-1-3-5-6/h4,6,9H,1-3,5,7,23H2;1-5H,(H,8,9)/t9-;/m1./s1. The zero-order chi connectivity index (χ0) is 27.3. The van der Waals surface area contributed by atoms with Crippen LogP contribution >= 0.6 is 0 Å². The van der Waals surface area contributed by atoms with Gasteiger partial charge >= 0.3 is 12.1 Å². The third kappa shape index (κ3) is 7.06. The third-order valence-electron chi connectivity index (χ3n) is 5.39. The average molecular weight is 529 g/mol. The van der Waals surface area contributed by atoms with Crippen molar-refractivity contribution in [3.63, 3.8) is 0 Å². The minimum atomic E-state index is -4.64. The second-order valence-corrected chi connectivity index (χ2v) is 8.10. The number of carbonyl (C=O) groups is 2. The zero-order valence-corrected chi connectivity index (χ0v) is 19.1. The summed E-state index contributed by atoms with van der Waals surface area (Å²) < 4.78 is 79.3. The number of carboxylic acids is 1. The van der Waals surface area contributed by atoms with Crippen molar-refractivity contribution in [2.24, 2.45) is 5.73 Å². The lowest BCUT2D eigenvalue weighted by atomic mass is 10.0. The van der Waals surface area contributed by atoms with Crippen LogP contribution in [-0.4, -0.2) is 49.2 Å². The van der Waals surface area contributed by atoms with Crippen molar-refractivity contribution < 1.29 is 41.0 Å². The Bertz CT molecular complexity index is 1270. The highest BCUT2D eigenvalue weighted by Gasteiger charge is 2.40. The van der Waals surface area contributed by atoms with Crippen LogP contribution in [0.15, 0.2) is 42.5 Å². The monoisotopic (exact) mass is 529 g/mol. The molecule has 4 rings (SSSR count). The van der Waals surface area contributed by atoms with Crippen molar-refractivity contribution in [1.29, 1.82) is 0 Å². The molecular weight excluding hydrogens is 508 g/mol. The predicted octanol–water partition coefficient (Wildman–Crippen LogP) is 3.40. The highest BCUT2D eigenvalue weighted by molar-refractivity contribution is 5.87. The Balaban J connectivity index is 0.000000356. The number of fused-ring (bicyclic) bond motifs is 1. The van der Waals surface area contributed by atoms with Crippen LogP contribution < -0.4 is 5.73 Å². The quantitative estimate of drug-likeness (QED) is 0.387. The van der Waals surface area contributed by atoms with Crippen molar-refractivity contribution in [2.75, 3.05) is 6.54 Å². The molecule has 37 heavy (non-hydrogen) atoms. The Morgan fingerprint density at radius 3 is 2.24 bits per heavy atom. The lowest BCUT2D eigenvalue weighted by molar-refractivity contribution is -0.148. The van der Waals surface area contributed by atoms with Gasteiger partial charge in [-0.05, 0) is 30.2 Å². The molecule has 2 aromatic carbocycles. The van der Waals surface area contributed by atoms with E-state index in [0.717, 1.165) is 4.57 Å². The summed E-state index contributed by atoms with van der Waals surface area (Å²) in [6.45, 7) is -0.302. The van der Waals surface area contributed by atoms with E-state index in [4.69, 9.17) is 10.8 Å². The number of hydrogen-bond acceptors (Lipinski definition) is 5. The summed E-state index contributed by atoms with van der Waals surface area (Å²) in [7, 11) is 0. The number of rotatable bonds is 5. The van der Waals surface area contributed by atoms with Crippen molar-refractivity contribution in [2.45, 2.75) is 38.1 Å². The highest BCUT2D eigenvalue weighted by atomic mass is 19.4. The van der Waals surface area contributed by atoms with Crippen molar-refractivity contribution >= 4 is 11.9 Å². The number of carboxylic acid groups (broad SMARTS) is 1. The number of alkyl halides is 3. The molecular formula is C23H21F6N5O3. The number of nitrogens with two attached hydrogens (primary N) is 1. The number of aromatic carboxylic acids is 1. The van der Waals surface area contributed by atoms with E-state index in [9.17, 15) is 35.9 Å². The van der Waals surface area contributed by atoms with E-state index in [1.807, 2.05) is 0 Å². The Morgan fingerprint density at radius 2 is 1.65 bits per heavy atom. The summed E-state index contributed by atoms with van der Waals surface area (Å²) in [6.07, 6.45) is -5.11. The van der Waals surface area contributed by atoms with Crippen LogP contribution in [0.4, 0.5) is 26.3 Å². The molecule has 8 nitrogen and oxygen atoms in total. The van der Waals surface area contributed by atoms with Crippen LogP contribution in [0.3, 0.4) is 0 Å². The molecule has 0 fully saturated rings. The molecule has 0 saturated carbocycles.